The normalized spacial score (nSPS) is 13.4. The van der Waals surface area contributed by atoms with Crippen molar-refractivity contribution in [3.63, 3.8) is 0 Å². The predicted molar refractivity (Wildman–Crippen MR) is 153 cm³/mol. The highest BCUT2D eigenvalue weighted by molar-refractivity contribution is 6.18. The Kier molecular flexibility index (Phi) is 3.88. The van der Waals surface area contributed by atoms with Crippen LogP contribution in [0.5, 0.6) is 0 Å². The van der Waals surface area contributed by atoms with E-state index < -0.39 is 0 Å². The molecular formula is C32H23N3O2. The van der Waals surface area contributed by atoms with Crippen LogP contribution < -0.4 is 11.6 Å². The van der Waals surface area contributed by atoms with Gasteiger partial charge in [0.05, 0.1) is 16.6 Å². The zero-order chi connectivity index (χ0) is 24.8. The lowest BCUT2D eigenvalue weighted by Crippen LogP contribution is -2.09. The Hall–Kier alpha value is -4.90. The number of fused-ring (bicyclic) bond motifs is 9. The highest BCUT2D eigenvalue weighted by Crippen LogP contribution is 2.42. The Bertz CT molecular complexity index is 2130. The van der Waals surface area contributed by atoms with E-state index in [1.807, 2.05) is 24.3 Å². The van der Waals surface area contributed by atoms with Gasteiger partial charge in [0.1, 0.15) is 22.5 Å². The number of furan rings is 2. The highest BCUT2D eigenvalue weighted by atomic mass is 16.3. The molecule has 0 radical (unpaired) electrons. The van der Waals surface area contributed by atoms with Crippen molar-refractivity contribution in [2.45, 2.75) is 12.8 Å². The first-order chi connectivity index (χ1) is 18.1. The quantitative estimate of drug-likeness (QED) is 0.248. The van der Waals surface area contributed by atoms with Gasteiger partial charge in [-0.1, -0.05) is 55.1 Å². The van der Waals surface area contributed by atoms with E-state index >= 15 is 0 Å². The summed E-state index contributed by atoms with van der Waals surface area (Å²) in [6, 6.07) is 23.1. The third-order valence-electron chi connectivity index (χ3n) is 7.71. The van der Waals surface area contributed by atoms with Gasteiger partial charge >= 0.3 is 0 Å². The number of aryl methyl sites for hydroxylation is 1. The van der Waals surface area contributed by atoms with E-state index in [9.17, 15) is 0 Å². The van der Waals surface area contributed by atoms with Gasteiger partial charge in [-0.2, -0.15) is 0 Å². The number of hydrogen-bond acceptors (Lipinski definition) is 4. The number of nitrogen functional groups attached to an aromatic ring is 1. The topological polar surface area (TPSA) is 83.2 Å². The summed E-state index contributed by atoms with van der Waals surface area (Å²) in [5.74, 6) is 7.76. The molecule has 37 heavy (non-hydrogen) atoms. The number of nitrogens with two attached hydrogens (primary N) is 2. The second kappa shape index (κ2) is 7.08. The van der Waals surface area contributed by atoms with Crippen molar-refractivity contribution in [1.82, 2.24) is 4.68 Å². The molecule has 1 aliphatic carbocycles. The molecule has 3 heterocycles. The monoisotopic (exact) mass is 481 g/mol. The number of para-hydroxylation sites is 1. The molecule has 0 spiro atoms. The van der Waals surface area contributed by atoms with Gasteiger partial charge in [-0.05, 0) is 47.9 Å². The third-order valence-corrected chi connectivity index (χ3v) is 7.71. The van der Waals surface area contributed by atoms with Crippen LogP contribution in [0, 0.1) is 0 Å². The largest absolute Gasteiger partial charge is 0.460 e. The van der Waals surface area contributed by atoms with Crippen molar-refractivity contribution in [1.29, 1.82) is 0 Å². The van der Waals surface area contributed by atoms with Gasteiger partial charge in [-0.25, -0.2) is 0 Å². The summed E-state index contributed by atoms with van der Waals surface area (Å²) in [6.07, 6.45) is 6.19. The minimum Gasteiger partial charge on any atom is -0.460 e. The molecule has 1 aliphatic rings. The molecule has 0 amide bonds. The first-order valence-corrected chi connectivity index (χ1v) is 12.4. The van der Waals surface area contributed by atoms with E-state index in [0.717, 1.165) is 95.6 Å². The minimum atomic E-state index is 0.442. The number of allylic oxidation sites excluding steroid dienone is 1. The van der Waals surface area contributed by atoms with Gasteiger partial charge in [0.15, 0.2) is 0 Å². The van der Waals surface area contributed by atoms with Crippen LogP contribution in [0.4, 0.5) is 0 Å². The van der Waals surface area contributed by atoms with Crippen LogP contribution in [0.3, 0.4) is 0 Å². The molecule has 7 aromatic rings. The van der Waals surface area contributed by atoms with Crippen molar-refractivity contribution < 1.29 is 8.83 Å². The van der Waals surface area contributed by atoms with Crippen LogP contribution >= 0.6 is 0 Å². The lowest BCUT2D eigenvalue weighted by atomic mass is 9.97. The number of rotatable bonds is 2. The predicted octanol–water partition coefficient (Wildman–Crippen LogP) is 7.71. The number of benzene rings is 4. The number of nitrogens with zero attached hydrogens (tertiary/aromatic N) is 1. The molecule has 0 saturated carbocycles. The fourth-order valence-corrected chi connectivity index (χ4v) is 5.99. The Labute approximate surface area is 211 Å². The average molecular weight is 482 g/mol. The molecule has 178 valence electrons. The summed E-state index contributed by atoms with van der Waals surface area (Å²) in [7, 11) is 0. The van der Waals surface area contributed by atoms with Gasteiger partial charge in [0.2, 0.25) is 0 Å². The van der Waals surface area contributed by atoms with Crippen LogP contribution in [-0.4, -0.2) is 4.68 Å². The van der Waals surface area contributed by atoms with E-state index in [-0.39, 0.29) is 0 Å². The Balaban J connectivity index is 1.40. The van der Waals surface area contributed by atoms with Crippen LogP contribution in [0.1, 0.15) is 23.3 Å². The standard InChI is InChI=1S/C32H23N3O2/c1-17(33)30-31-24(16-25-22-7-3-5-9-28(22)37-32(25)30)20-12-10-19(15-26(20)35(31)34)18-11-13-29-23(14-18)21-6-2-4-8-27(21)36-29/h2-4,6-8,10-16H,1,5,9,33-34H2. The van der Waals surface area contributed by atoms with Crippen LogP contribution in [0.25, 0.3) is 77.6 Å². The van der Waals surface area contributed by atoms with Crippen LogP contribution in [0.2, 0.25) is 0 Å². The second-order valence-corrected chi connectivity index (χ2v) is 9.84. The summed E-state index contributed by atoms with van der Waals surface area (Å²) in [5.41, 5.74) is 15.1. The number of aromatic nitrogens is 1. The Morgan fingerprint density at radius 3 is 2.51 bits per heavy atom. The summed E-state index contributed by atoms with van der Waals surface area (Å²) in [4.78, 5) is 0. The maximum Gasteiger partial charge on any atom is 0.146 e. The molecule has 4 aromatic carbocycles. The number of hydrogen-bond donors (Lipinski definition) is 2. The lowest BCUT2D eigenvalue weighted by Gasteiger charge is -2.07. The second-order valence-electron chi connectivity index (χ2n) is 9.84. The van der Waals surface area contributed by atoms with E-state index in [0.29, 0.717) is 5.70 Å². The molecule has 0 fully saturated rings. The molecule has 0 bridgehead atoms. The van der Waals surface area contributed by atoms with Crippen LogP contribution in [-0.2, 0) is 6.42 Å². The van der Waals surface area contributed by atoms with E-state index in [1.165, 1.54) is 0 Å². The Morgan fingerprint density at radius 1 is 0.811 bits per heavy atom. The van der Waals surface area contributed by atoms with Gasteiger partial charge in [0, 0.05) is 44.6 Å². The average Bonchev–Trinajstić information content (AvgIpc) is 3.56. The molecule has 0 saturated heterocycles. The van der Waals surface area contributed by atoms with Gasteiger partial charge in [-0.15, -0.1) is 0 Å². The fourth-order valence-electron chi connectivity index (χ4n) is 5.99. The molecule has 4 N–H and O–H groups in total. The molecule has 0 aliphatic heterocycles. The maximum atomic E-state index is 6.77. The molecule has 8 rings (SSSR count). The molecule has 5 nitrogen and oxygen atoms in total. The zero-order valence-electron chi connectivity index (χ0n) is 20.0. The molecule has 0 unspecified atom stereocenters. The molecule has 0 atom stereocenters. The van der Waals surface area contributed by atoms with Crippen molar-refractivity contribution in [3.8, 4) is 11.1 Å². The SMILES string of the molecule is C=C(N)c1c2oc3c(c2cc2c4ccc(-c5ccc6oc7ccccc7c6c5)cc4n(N)c12)C=CCC3. The third kappa shape index (κ3) is 2.68. The highest BCUT2D eigenvalue weighted by Gasteiger charge is 2.24. The summed E-state index contributed by atoms with van der Waals surface area (Å²) < 4.78 is 14.1. The van der Waals surface area contributed by atoms with Crippen molar-refractivity contribution in [3.05, 3.63) is 96.3 Å². The van der Waals surface area contributed by atoms with Gasteiger partial charge in [0.25, 0.3) is 0 Å². The van der Waals surface area contributed by atoms with Crippen molar-refractivity contribution in [2.75, 3.05) is 5.84 Å². The summed E-state index contributed by atoms with van der Waals surface area (Å²) in [6.45, 7) is 4.08. The fraction of sp³-hybridized carbons (Fsp3) is 0.0625. The van der Waals surface area contributed by atoms with E-state index in [4.69, 9.17) is 20.4 Å². The summed E-state index contributed by atoms with van der Waals surface area (Å²) >= 11 is 0. The van der Waals surface area contributed by atoms with Gasteiger partial charge < -0.3 is 20.4 Å². The van der Waals surface area contributed by atoms with Crippen molar-refractivity contribution in [2.24, 2.45) is 5.73 Å². The first-order valence-electron chi connectivity index (χ1n) is 12.4. The first kappa shape index (κ1) is 20.3. The summed E-state index contributed by atoms with van der Waals surface area (Å²) in [5, 5.41) is 5.36. The molecule has 3 aromatic heterocycles. The lowest BCUT2D eigenvalue weighted by molar-refractivity contribution is 0.546. The van der Waals surface area contributed by atoms with E-state index in [2.05, 4.69) is 61.2 Å². The minimum absolute atomic E-state index is 0.442. The maximum absolute atomic E-state index is 6.77. The van der Waals surface area contributed by atoms with E-state index in [1.54, 1.807) is 4.68 Å². The molecule has 5 heteroatoms. The smallest absolute Gasteiger partial charge is 0.146 e. The van der Waals surface area contributed by atoms with Gasteiger partial charge in [-0.3, -0.25) is 4.68 Å². The Morgan fingerprint density at radius 2 is 1.62 bits per heavy atom. The van der Waals surface area contributed by atoms with Crippen molar-refractivity contribution >= 4 is 66.5 Å². The zero-order valence-corrected chi connectivity index (χ0v) is 20.0. The molecular weight excluding hydrogens is 458 g/mol. The van der Waals surface area contributed by atoms with Crippen LogP contribution in [0.15, 0.2) is 88.2 Å².